The summed E-state index contributed by atoms with van der Waals surface area (Å²) < 4.78 is 48.6. The third-order valence-corrected chi connectivity index (χ3v) is 10.0. The van der Waals surface area contributed by atoms with Crippen molar-refractivity contribution in [3.63, 3.8) is 0 Å². The highest BCUT2D eigenvalue weighted by molar-refractivity contribution is 7.85. The summed E-state index contributed by atoms with van der Waals surface area (Å²) in [4.78, 5) is 25.1. The van der Waals surface area contributed by atoms with Crippen LogP contribution in [0.3, 0.4) is 0 Å². The fraction of sp³-hybridized carbons (Fsp3) is 0.739. The fourth-order valence-electron chi connectivity index (χ4n) is 7.60. The molecule has 9 atom stereocenters. The number of ketones is 2. The van der Waals surface area contributed by atoms with Gasteiger partial charge in [0.15, 0.2) is 17.2 Å². The normalized spacial score (nSPS) is 47.9. The Hall–Kier alpha value is -1.46. The molecule has 8 nitrogen and oxygen atoms in total. The second-order valence-electron chi connectivity index (χ2n) is 10.8. The van der Waals surface area contributed by atoms with Crippen molar-refractivity contribution in [2.75, 3.05) is 5.75 Å². The van der Waals surface area contributed by atoms with Gasteiger partial charge in [0.25, 0.3) is 10.1 Å². The van der Waals surface area contributed by atoms with Crippen molar-refractivity contribution in [2.24, 2.45) is 28.6 Å². The van der Waals surface area contributed by atoms with Gasteiger partial charge >= 0.3 is 0 Å². The van der Waals surface area contributed by atoms with Crippen LogP contribution in [0.15, 0.2) is 23.8 Å². The second kappa shape index (κ2) is 7.27. The van der Waals surface area contributed by atoms with Crippen LogP contribution in [0.1, 0.15) is 46.5 Å². The Morgan fingerprint density at radius 2 is 1.94 bits per heavy atom. The van der Waals surface area contributed by atoms with Crippen LogP contribution in [0.5, 0.6) is 0 Å². The predicted molar refractivity (Wildman–Crippen MR) is 115 cm³/mol. The van der Waals surface area contributed by atoms with Crippen molar-refractivity contribution in [3.05, 3.63) is 23.8 Å². The third-order valence-electron chi connectivity index (χ3n) is 9.27. The second-order valence-corrected chi connectivity index (χ2v) is 12.3. The van der Waals surface area contributed by atoms with E-state index in [4.69, 9.17) is 4.55 Å². The van der Waals surface area contributed by atoms with Crippen LogP contribution >= 0.6 is 0 Å². The van der Waals surface area contributed by atoms with Gasteiger partial charge in [-0.25, -0.2) is 4.39 Å². The number of carbonyl (C=O) groups is 2. The Morgan fingerprint density at radius 3 is 2.55 bits per heavy atom. The molecule has 10 heteroatoms. The molecule has 0 heterocycles. The van der Waals surface area contributed by atoms with Gasteiger partial charge in [-0.2, -0.15) is 8.42 Å². The lowest BCUT2D eigenvalue weighted by molar-refractivity contribution is -0.220. The van der Waals surface area contributed by atoms with Gasteiger partial charge in [-0.3, -0.25) is 14.1 Å². The van der Waals surface area contributed by atoms with Crippen molar-refractivity contribution >= 4 is 21.7 Å². The number of alkyl halides is 1. The molecule has 0 aromatic rings. The van der Waals surface area contributed by atoms with Gasteiger partial charge in [-0.05, 0) is 56.6 Å². The molecule has 0 saturated heterocycles. The minimum Gasteiger partial charge on any atom is -0.390 e. The van der Waals surface area contributed by atoms with Gasteiger partial charge in [0.05, 0.1) is 6.10 Å². The first-order valence-electron chi connectivity index (χ1n) is 11.2. The molecule has 0 radical (unpaired) electrons. The molecule has 0 amide bonds. The number of Topliss-reactive ketones (excluding diaryl/α,β-unsaturated/α-hetero) is 1. The van der Waals surface area contributed by atoms with Gasteiger partial charge in [0.2, 0.25) is 0 Å². The lowest BCUT2D eigenvalue weighted by Gasteiger charge is -2.62. The summed E-state index contributed by atoms with van der Waals surface area (Å²) in [5, 5.41) is 33.2. The number of hydrogen-bond acceptors (Lipinski definition) is 7. The highest BCUT2D eigenvalue weighted by Crippen LogP contribution is 2.70. The Bertz CT molecular complexity index is 1070. The summed E-state index contributed by atoms with van der Waals surface area (Å²) in [7, 11) is -4.69. The lowest BCUT2D eigenvalue weighted by Crippen LogP contribution is -2.70. The first-order valence-corrected chi connectivity index (χ1v) is 12.8. The molecule has 0 bridgehead atoms. The highest BCUT2D eigenvalue weighted by atomic mass is 32.2. The maximum absolute atomic E-state index is 17.0. The minimum absolute atomic E-state index is 0.234. The maximum atomic E-state index is 17.0. The summed E-state index contributed by atoms with van der Waals surface area (Å²) >= 11 is 0. The average molecular weight is 487 g/mol. The van der Waals surface area contributed by atoms with Crippen LogP contribution in [-0.4, -0.2) is 69.1 Å². The van der Waals surface area contributed by atoms with E-state index in [0.29, 0.717) is 18.4 Å². The molecule has 3 saturated carbocycles. The molecule has 0 aliphatic heterocycles. The SMILES string of the molecule is CC1C[C@H]2[C@@H]3CCC4=CC(=O)C=C[C@]4(C)[C@@]3(F)C(O)C[C@]2(C)[C@@]1(O)C(=O)C(O)CS(=O)(=O)O. The molecule has 0 aromatic heterocycles. The first-order chi connectivity index (χ1) is 15.0. The van der Waals surface area contributed by atoms with E-state index in [0.717, 1.165) is 0 Å². The van der Waals surface area contributed by atoms with Gasteiger partial charge in [0, 0.05) is 16.7 Å². The molecule has 3 unspecified atom stereocenters. The number of allylic oxidation sites excluding steroid dienone is 4. The van der Waals surface area contributed by atoms with E-state index >= 15 is 4.39 Å². The van der Waals surface area contributed by atoms with Gasteiger partial charge in [-0.1, -0.05) is 25.5 Å². The largest absolute Gasteiger partial charge is 0.390 e. The minimum atomic E-state index is -4.69. The zero-order chi connectivity index (χ0) is 24.8. The zero-order valence-corrected chi connectivity index (χ0v) is 19.7. The van der Waals surface area contributed by atoms with Crippen LogP contribution in [0, 0.1) is 28.6 Å². The van der Waals surface area contributed by atoms with Crippen molar-refractivity contribution in [2.45, 2.75) is 69.9 Å². The van der Waals surface area contributed by atoms with E-state index in [-0.39, 0.29) is 18.6 Å². The quantitative estimate of drug-likeness (QED) is 0.433. The van der Waals surface area contributed by atoms with E-state index in [1.165, 1.54) is 18.2 Å². The highest BCUT2D eigenvalue weighted by Gasteiger charge is 2.76. The zero-order valence-electron chi connectivity index (χ0n) is 18.9. The van der Waals surface area contributed by atoms with Crippen LogP contribution in [0.4, 0.5) is 4.39 Å². The summed E-state index contributed by atoms with van der Waals surface area (Å²) in [6, 6.07) is 0. The summed E-state index contributed by atoms with van der Waals surface area (Å²) in [6.07, 6.45) is 1.15. The van der Waals surface area contributed by atoms with Crippen LogP contribution in [0.2, 0.25) is 0 Å². The Morgan fingerprint density at radius 1 is 1.30 bits per heavy atom. The fourth-order valence-corrected chi connectivity index (χ4v) is 8.15. The maximum Gasteiger partial charge on any atom is 0.267 e. The standard InChI is InChI=1S/C23H31FO8S/c1-12-8-16-15-5-4-13-9-14(25)6-7-20(13,2)22(15,24)18(27)10-21(16,3)23(12,29)19(28)17(26)11-33(30,31)32/h6-7,9,12,15-18,26-27,29H,4-5,8,10-11H2,1-3H3,(H,30,31,32)/t12?,15-,16-,17?,18?,20-,21-,22-,23-/m0/s1. The number of halogens is 1. The molecule has 4 aliphatic carbocycles. The number of rotatable bonds is 4. The Kier molecular flexibility index (Phi) is 5.43. The topological polar surface area (TPSA) is 149 Å². The molecule has 184 valence electrons. The van der Waals surface area contributed by atoms with Crippen LogP contribution in [-0.2, 0) is 19.7 Å². The summed E-state index contributed by atoms with van der Waals surface area (Å²) in [6.45, 7) is 4.82. The monoisotopic (exact) mass is 486 g/mol. The van der Waals surface area contributed by atoms with Crippen molar-refractivity contribution < 1.29 is 42.3 Å². The van der Waals surface area contributed by atoms with Crippen molar-refractivity contribution in [3.8, 4) is 0 Å². The number of carbonyl (C=O) groups excluding carboxylic acids is 2. The molecule has 4 N–H and O–H groups in total. The summed E-state index contributed by atoms with van der Waals surface area (Å²) in [5.74, 6) is -4.68. The van der Waals surface area contributed by atoms with Gasteiger partial charge < -0.3 is 15.3 Å². The molecule has 0 aromatic carbocycles. The van der Waals surface area contributed by atoms with E-state index in [1.54, 1.807) is 20.8 Å². The first kappa shape index (κ1) is 24.7. The van der Waals surface area contributed by atoms with Crippen molar-refractivity contribution in [1.29, 1.82) is 0 Å². The predicted octanol–water partition coefficient (Wildman–Crippen LogP) is 1.15. The number of hydrogen-bond donors (Lipinski definition) is 4. The lowest BCUT2D eigenvalue weighted by atomic mass is 9.44. The van der Waals surface area contributed by atoms with E-state index in [2.05, 4.69) is 0 Å². The Labute approximate surface area is 192 Å². The molecular formula is C23H31FO8S. The molecule has 0 spiro atoms. The van der Waals surface area contributed by atoms with E-state index in [1.807, 2.05) is 0 Å². The molecule has 4 rings (SSSR count). The molecule has 4 aliphatic rings. The molecular weight excluding hydrogens is 455 g/mol. The summed E-state index contributed by atoms with van der Waals surface area (Å²) in [5.41, 5.74) is -6.31. The van der Waals surface area contributed by atoms with Crippen LogP contribution < -0.4 is 0 Å². The number of fused-ring (bicyclic) bond motifs is 5. The van der Waals surface area contributed by atoms with Crippen LogP contribution in [0.25, 0.3) is 0 Å². The third kappa shape index (κ3) is 3.10. The number of aliphatic hydroxyl groups is 3. The van der Waals surface area contributed by atoms with E-state index < -0.39 is 73.7 Å². The van der Waals surface area contributed by atoms with Gasteiger partial charge in [0.1, 0.15) is 17.5 Å². The van der Waals surface area contributed by atoms with Gasteiger partial charge in [-0.15, -0.1) is 0 Å². The molecule has 33 heavy (non-hydrogen) atoms. The number of aliphatic hydroxyl groups excluding tert-OH is 2. The van der Waals surface area contributed by atoms with Crippen molar-refractivity contribution in [1.82, 2.24) is 0 Å². The van der Waals surface area contributed by atoms with E-state index in [9.17, 15) is 33.3 Å². The average Bonchev–Trinajstić information content (AvgIpc) is 2.89. The smallest absolute Gasteiger partial charge is 0.267 e. The Balaban J connectivity index is 1.77. The molecule has 3 fully saturated rings.